The van der Waals surface area contributed by atoms with Crippen molar-refractivity contribution in [2.24, 2.45) is 16.8 Å². The fraction of sp³-hybridized carbons (Fsp3) is 0.682. The summed E-state index contributed by atoms with van der Waals surface area (Å²) in [5.41, 5.74) is 1.48. The van der Waals surface area contributed by atoms with Crippen LogP contribution in [0, 0.1) is 11.8 Å². The van der Waals surface area contributed by atoms with Crippen LogP contribution in [0.2, 0.25) is 0 Å². The normalized spacial score (nSPS) is 24.7. The van der Waals surface area contributed by atoms with Crippen molar-refractivity contribution in [3.8, 4) is 0 Å². The zero-order chi connectivity index (χ0) is 17.8. The Bertz CT molecular complexity index is 594. The van der Waals surface area contributed by atoms with Gasteiger partial charge in [0, 0.05) is 39.3 Å². The van der Waals surface area contributed by atoms with Crippen LogP contribution in [-0.4, -0.2) is 61.6 Å². The lowest BCUT2D eigenvalue weighted by molar-refractivity contribution is 0.257. The van der Waals surface area contributed by atoms with E-state index in [0.717, 1.165) is 43.5 Å². The van der Waals surface area contributed by atoms with Crippen molar-refractivity contribution in [2.75, 3.05) is 39.8 Å². The molecule has 1 aromatic rings. The first-order valence-corrected chi connectivity index (χ1v) is 10.6. The molecule has 150 valence electrons. The van der Waals surface area contributed by atoms with E-state index in [-0.39, 0.29) is 24.0 Å². The third-order valence-corrected chi connectivity index (χ3v) is 6.42. The summed E-state index contributed by atoms with van der Waals surface area (Å²) in [6.45, 7) is 5.94. The number of benzene rings is 1. The predicted molar refractivity (Wildman–Crippen MR) is 124 cm³/mol. The van der Waals surface area contributed by atoms with Gasteiger partial charge >= 0.3 is 0 Å². The second-order valence-electron chi connectivity index (χ2n) is 8.43. The molecule has 3 fully saturated rings. The van der Waals surface area contributed by atoms with Crippen LogP contribution < -0.4 is 5.32 Å². The summed E-state index contributed by atoms with van der Waals surface area (Å²) in [6.07, 6.45) is 7.97. The van der Waals surface area contributed by atoms with E-state index in [1.165, 1.54) is 57.2 Å². The number of nitrogens with one attached hydrogen (secondary N) is 1. The zero-order valence-electron chi connectivity index (χ0n) is 16.6. The Morgan fingerprint density at radius 1 is 1.00 bits per heavy atom. The molecule has 2 heterocycles. The molecule has 0 bridgehead atoms. The molecule has 3 aliphatic rings. The van der Waals surface area contributed by atoms with Gasteiger partial charge in [-0.05, 0) is 62.5 Å². The number of hydrogen-bond acceptors (Lipinski definition) is 2. The van der Waals surface area contributed by atoms with Crippen molar-refractivity contribution < 1.29 is 0 Å². The van der Waals surface area contributed by atoms with Crippen LogP contribution >= 0.6 is 24.0 Å². The molecular weight excluding hydrogens is 447 g/mol. The van der Waals surface area contributed by atoms with E-state index >= 15 is 0 Å². The fourth-order valence-corrected chi connectivity index (χ4v) is 4.66. The minimum atomic E-state index is 0. The summed E-state index contributed by atoms with van der Waals surface area (Å²) >= 11 is 0. The molecule has 1 saturated carbocycles. The second-order valence-corrected chi connectivity index (χ2v) is 8.43. The molecule has 27 heavy (non-hydrogen) atoms. The van der Waals surface area contributed by atoms with Gasteiger partial charge < -0.3 is 15.1 Å². The first kappa shape index (κ1) is 20.9. The van der Waals surface area contributed by atoms with Crippen LogP contribution in [0.4, 0.5) is 0 Å². The molecule has 5 heteroatoms. The maximum absolute atomic E-state index is 4.57. The molecule has 1 aromatic carbocycles. The van der Waals surface area contributed by atoms with Gasteiger partial charge in [-0.25, -0.2) is 0 Å². The molecule has 0 radical (unpaired) electrons. The van der Waals surface area contributed by atoms with E-state index in [1.54, 1.807) is 0 Å². The van der Waals surface area contributed by atoms with E-state index in [4.69, 9.17) is 0 Å². The number of guanidine groups is 1. The molecule has 2 saturated heterocycles. The van der Waals surface area contributed by atoms with Crippen molar-refractivity contribution in [1.29, 1.82) is 0 Å². The number of likely N-dealkylation sites (tertiary alicyclic amines) is 2. The topological polar surface area (TPSA) is 30.9 Å². The average molecular weight is 482 g/mol. The van der Waals surface area contributed by atoms with Crippen molar-refractivity contribution >= 4 is 29.9 Å². The number of rotatable bonds is 5. The number of hydrogen-bond donors (Lipinski definition) is 1. The summed E-state index contributed by atoms with van der Waals surface area (Å²) in [4.78, 5) is 9.73. The summed E-state index contributed by atoms with van der Waals surface area (Å²) in [5.74, 6) is 2.73. The molecule has 2 aliphatic heterocycles. The summed E-state index contributed by atoms with van der Waals surface area (Å²) in [6, 6.07) is 11.9. The smallest absolute Gasteiger partial charge is 0.193 e. The molecule has 1 aliphatic carbocycles. The van der Waals surface area contributed by atoms with Crippen LogP contribution in [0.3, 0.4) is 0 Å². The lowest BCUT2D eigenvalue weighted by Gasteiger charge is -2.34. The molecule has 1 atom stereocenters. The van der Waals surface area contributed by atoms with Crippen molar-refractivity contribution in [3.05, 3.63) is 35.9 Å². The van der Waals surface area contributed by atoms with E-state index in [2.05, 4.69) is 50.4 Å². The Kier molecular flexibility index (Phi) is 7.82. The lowest BCUT2D eigenvalue weighted by atomic mass is 9.90. The van der Waals surface area contributed by atoms with Gasteiger partial charge in [-0.1, -0.05) is 30.3 Å². The van der Waals surface area contributed by atoms with Crippen LogP contribution in [0.25, 0.3) is 0 Å². The molecule has 1 N–H and O–H groups in total. The predicted octanol–water partition coefficient (Wildman–Crippen LogP) is 3.62. The summed E-state index contributed by atoms with van der Waals surface area (Å²) < 4.78 is 0. The highest BCUT2D eigenvalue weighted by Crippen LogP contribution is 2.31. The molecule has 1 unspecified atom stereocenters. The Morgan fingerprint density at radius 2 is 1.70 bits per heavy atom. The Balaban J connectivity index is 0.00000210. The van der Waals surface area contributed by atoms with Gasteiger partial charge in [-0.15, -0.1) is 24.0 Å². The highest BCUT2D eigenvalue weighted by molar-refractivity contribution is 14.0. The zero-order valence-corrected chi connectivity index (χ0v) is 19.0. The van der Waals surface area contributed by atoms with Crippen molar-refractivity contribution in [3.63, 3.8) is 0 Å². The highest BCUT2D eigenvalue weighted by atomic mass is 127. The van der Waals surface area contributed by atoms with E-state index < -0.39 is 0 Å². The van der Waals surface area contributed by atoms with E-state index in [9.17, 15) is 0 Å². The van der Waals surface area contributed by atoms with Gasteiger partial charge in [0.05, 0.1) is 0 Å². The molecule has 4 nitrogen and oxygen atoms in total. The molecule has 0 spiro atoms. The number of nitrogens with zero attached hydrogens (tertiary/aromatic N) is 3. The Hall–Kier alpha value is -0.820. The second kappa shape index (κ2) is 10.1. The quantitative estimate of drug-likeness (QED) is 0.395. The monoisotopic (exact) mass is 482 g/mol. The van der Waals surface area contributed by atoms with Gasteiger partial charge in [0.2, 0.25) is 0 Å². The van der Waals surface area contributed by atoms with Crippen LogP contribution in [0.15, 0.2) is 35.3 Å². The maximum atomic E-state index is 4.57. The van der Waals surface area contributed by atoms with Gasteiger partial charge in [0.15, 0.2) is 5.96 Å². The van der Waals surface area contributed by atoms with Crippen LogP contribution in [0.1, 0.15) is 37.7 Å². The van der Waals surface area contributed by atoms with E-state index in [0.29, 0.717) is 0 Å². The van der Waals surface area contributed by atoms with Gasteiger partial charge in [-0.2, -0.15) is 0 Å². The highest BCUT2D eigenvalue weighted by Gasteiger charge is 2.34. The van der Waals surface area contributed by atoms with E-state index in [1.807, 2.05) is 7.05 Å². The number of halogens is 1. The van der Waals surface area contributed by atoms with Crippen LogP contribution in [-0.2, 0) is 6.42 Å². The van der Waals surface area contributed by atoms with Gasteiger partial charge in [0.1, 0.15) is 0 Å². The lowest BCUT2D eigenvalue weighted by Crippen LogP contribution is -2.47. The third kappa shape index (κ3) is 5.83. The molecule has 0 aromatic heterocycles. The minimum absolute atomic E-state index is 0. The van der Waals surface area contributed by atoms with Crippen molar-refractivity contribution in [2.45, 2.75) is 44.6 Å². The SMILES string of the molecule is CN=C(NCC1CCN(C2CC2)C1)N1CCC(Cc2ccccc2)CC1.I. The van der Waals surface area contributed by atoms with Gasteiger partial charge in [0.25, 0.3) is 0 Å². The Morgan fingerprint density at radius 3 is 2.37 bits per heavy atom. The molecular formula is C22H35IN4. The largest absolute Gasteiger partial charge is 0.356 e. The minimum Gasteiger partial charge on any atom is -0.356 e. The Labute approximate surface area is 181 Å². The van der Waals surface area contributed by atoms with Crippen LogP contribution in [0.5, 0.6) is 0 Å². The third-order valence-electron chi connectivity index (χ3n) is 6.42. The standard InChI is InChI=1S/C22H34N4.HI/c1-23-22(24-16-20-11-14-26(17-20)21-7-8-21)25-12-9-19(10-13-25)15-18-5-3-2-4-6-18;/h2-6,19-21H,7-17H2,1H3,(H,23,24);1H. The maximum Gasteiger partial charge on any atom is 0.193 e. The van der Waals surface area contributed by atoms with Gasteiger partial charge in [-0.3, -0.25) is 4.99 Å². The number of aliphatic imine (C=N–C) groups is 1. The average Bonchev–Trinajstić information content (AvgIpc) is 3.43. The summed E-state index contributed by atoms with van der Waals surface area (Å²) in [5, 5.41) is 3.67. The molecule has 0 amide bonds. The number of piperidine rings is 1. The van der Waals surface area contributed by atoms with Crippen molar-refractivity contribution in [1.82, 2.24) is 15.1 Å². The first-order chi connectivity index (χ1) is 12.8. The first-order valence-electron chi connectivity index (χ1n) is 10.6. The summed E-state index contributed by atoms with van der Waals surface area (Å²) in [7, 11) is 1.93. The fourth-order valence-electron chi connectivity index (χ4n) is 4.66. The molecule has 4 rings (SSSR count).